The number of hydrogen-bond acceptors (Lipinski definition) is 4. The Hall–Kier alpha value is -2.99. The molecule has 146 valence electrons. The number of carbonyl (C=O) groups excluding carboxylic acids is 1. The summed E-state index contributed by atoms with van der Waals surface area (Å²) in [6, 6.07) is 19.0. The summed E-state index contributed by atoms with van der Waals surface area (Å²) in [7, 11) is 0. The number of hydrogen-bond donors (Lipinski definition) is 2. The van der Waals surface area contributed by atoms with Crippen LogP contribution in [0.1, 0.15) is 16.3 Å². The number of rotatable bonds is 5. The molecule has 0 radical (unpaired) electrons. The molecule has 29 heavy (non-hydrogen) atoms. The maximum absolute atomic E-state index is 12.5. The Labute approximate surface area is 176 Å². The summed E-state index contributed by atoms with van der Waals surface area (Å²) in [4.78, 5) is 12.5. The zero-order valence-corrected chi connectivity index (χ0v) is 16.5. The van der Waals surface area contributed by atoms with Gasteiger partial charge in [0, 0.05) is 21.8 Å². The number of aliphatic hydroxyl groups excluding tert-OH is 1. The average molecular weight is 428 g/mol. The Morgan fingerprint density at radius 1 is 0.931 bits per heavy atom. The highest BCUT2D eigenvalue weighted by Crippen LogP contribution is 2.32. The first-order valence-corrected chi connectivity index (χ1v) is 9.46. The van der Waals surface area contributed by atoms with E-state index >= 15 is 0 Å². The zero-order valence-electron chi connectivity index (χ0n) is 15.0. The molecule has 4 rings (SSSR count). The van der Waals surface area contributed by atoms with E-state index in [9.17, 15) is 4.79 Å². The molecule has 0 saturated carbocycles. The second kappa shape index (κ2) is 8.17. The molecule has 2 aromatic heterocycles. The van der Waals surface area contributed by atoms with Gasteiger partial charge in [-0.05, 0) is 54.6 Å². The third-order valence-electron chi connectivity index (χ3n) is 4.25. The van der Waals surface area contributed by atoms with E-state index in [1.807, 2.05) is 12.1 Å². The highest BCUT2D eigenvalue weighted by Gasteiger charge is 2.15. The molecular formula is C22H15Cl2NO4. The number of benzene rings is 2. The molecule has 0 unspecified atom stereocenters. The van der Waals surface area contributed by atoms with Gasteiger partial charge >= 0.3 is 0 Å². The Balaban J connectivity index is 1.51. The van der Waals surface area contributed by atoms with Crippen LogP contribution in [-0.4, -0.2) is 11.0 Å². The monoisotopic (exact) mass is 427 g/mol. The zero-order chi connectivity index (χ0) is 20.4. The number of amides is 1. The van der Waals surface area contributed by atoms with Gasteiger partial charge in [-0.3, -0.25) is 4.79 Å². The smallest absolute Gasteiger partial charge is 0.291 e. The molecule has 0 fully saturated rings. The van der Waals surface area contributed by atoms with Crippen LogP contribution < -0.4 is 5.32 Å². The van der Waals surface area contributed by atoms with E-state index in [-0.39, 0.29) is 12.4 Å². The van der Waals surface area contributed by atoms with Crippen molar-refractivity contribution in [1.29, 1.82) is 0 Å². The van der Waals surface area contributed by atoms with Crippen molar-refractivity contribution in [3.05, 3.63) is 88.3 Å². The number of halogens is 2. The molecule has 5 nitrogen and oxygen atoms in total. The Bertz CT molecular complexity index is 1180. The molecule has 0 aliphatic rings. The van der Waals surface area contributed by atoms with Crippen LogP contribution in [0.2, 0.25) is 10.0 Å². The standard InChI is InChI=1S/C22H15Cl2NO4/c23-14-3-1-2-13(10-14)19-8-9-21(29-19)22(27)25-15-4-6-17(18(24)11-15)20-7-5-16(12-26)28-20/h1-11,26H,12H2,(H,25,27). The van der Waals surface area contributed by atoms with Gasteiger partial charge < -0.3 is 19.3 Å². The number of anilines is 1. The van der Waals surface area contributed by atoms with Gasteiger partial charge in [-0.1, -0.05) is 35.3 Å². The lowest BCUT2D eigenvalue weighted by molar-refractivity contribution is 0.0997. The van der Waals surface area contributed by atoms with Gasteiger partial charge in [0.25, 0.3) is 5.91 Å². The highest BCUT2D eigenvalue weighted by atomic mass is 35.5. The van der Waals surface area contributed by atoms with E-state index in [0.717, 1.165) is 5.56 Å². The van der Waals surface area contributed by atoms with E-state index in [2.05, 4.69) is 5.32 Å². The molecule has 7 heteroatoms. The molecule has 2 N–H and O–H groups in total. The predicted molar refractivity (Wildman–Crippen MR) is 112 cm³/mol. The number of furan rings is 2. The van der Waals surface area contributed by atoms with Gasteiger partial charge in [0.15, 0.2) is 5.76 Å². The molecule has 0 aliphatic carbocycles. The maximum atomic E-state index is 12.5. The van der Waals surface area contributed by atoms with Crippen molar-refractivity contribution in [2.45, 2.75) is 6.61 Å². The van der Waals surface area contributed by atoms with Gasteiger partial charge in [-0.25, -0.2) is 0 Å². The minimum atomic E-state index is -0.400. The lowest BCUT2D eigenvalue weighted by Gasteiger charge is -2.07. The third-order valence-corrected chi connectivity index (χ3v) is 4.80. The minimum absolute atomic E-state index is 0.166. The average Bonchev–Trinajstić information content (AvgIpc) is 3.38. The fraction of sp³-hybridized carbons (Fsp3) is 0.0455. The van der Waals surface area contributed by atoms with E-state index in [4.69, 9.17) is 37.1 Å². The molecule has 0 atom stereocenters. The van der Waals surface area contributed by atoms with E-state index in [1.54, 1.807) is 54.6 Å². The second-order valence-corrected chi connectivity index (χ2v) is 7.09. The fourth-order valence-corrected chi connectivity index (χ4v) is 3.31. The van der Waals surface area contributed by atoms with Crippen molar-refractivity contribution >= 4 is 34.8 Å². The normalized spacial score (nSPS) is 10.9. The summed E-state index contributed by atoms with van der Waals surface area (Å²) in [5.41, 5.74) is 1.95. The lowest BCUT2D eigenvalue weighted by Crippen LogP contribution is -2.10. The van der Waals surface area contributed by atoms with Crippen LogP contribution in [0.4, 0.5) is 5.69 Å². The van der Waals surface area contributed by atoms with E-state index < -0.39 is 5.91 Å². The molecule has 0 aliphatic heterocycles. The molecule has 1 amide bonds. The molecule has 0 bridgehead atoms. The van der Waals surface area contributed by atoms with Gasteiger partial charge in [0.1, 0.15) is 23.9 Å². The summed E-state index contributed by atoms with van der Waals surface area (Å²) in [6.07, 6.45) is 0. The topological polar surface area (TPSA) is 75.6 Å². The second-order valence-electron chi connectivity index (χ2n) is 6.25. The Morgan fingerprint density at radius 2 is 1.76 bits per heavy atom. The largest absolute Gasteiger partial charge is 0.459 e. The minimum Gasteiger partial charge on any atom is -0.459 e. The maximum Gasteiger partial charge on any atom is 0.291 e. The SMILES string of the molecule is O=C(Nc1ccc(-c2ccc(CO)o2)c(Cl)c1)c1ccc(-c2cccc(Cl)c2)o1. The highest BCUT2D eigenvalue weighted by molar-refractivity contribution is 6.33. The van der Waals surface area contributed by atoms with Crippen molar-refractivity contribution in [3.8, 4) is 22.6 Å². The first-order valence-electron chi connectivity index (χ1n) is 8.70. The van der Waals surface area contributed by atoms with E-state index in [1.165, 1.54) is 0 Å². The quantitative estimate of drug-likeness (QED) is 0.394. The van der Waals surface area contributed by atoms with Crippen LogP contribution in [0.25, 0.3) is 22.6 Å². The van der Waals surface area contributed by atoms with Crippen LogP contribution in [0, 0.1) is 0 Å². The molecule has 0 spiro atoms. The summed E-state index contributed by atoms with van der Waals surface area (Å²) in [5, 5.41) is 12.9. The van der Waals surface area contributed by atoms with Crippen molar-refractivity contribution < 1.29 is 18.7 Å². The number of aliphatic hydroxyl groups is 1. The van der Waals surface area contributed by atoms with Crippen LogP contribution in [0.15, 0.2) is 75.6 Å². The van der Waals surface area contributed by atoms with Gasteiger partial charge in [-0.2, -0.15) is 0 Å². The fourth-order valence-electron chi connectivity index (χ4n) is 2.85. The summed E-state index contributed by atoms with van der Waals surface area (Å²) in [5.74, 6) is 1.29. The summed E-state index contributed by atoms with van der Waals surface area (Å²) < 4.78 is 11.2. The molecule has 0 saturated heterocycles. The number of carbonyl (C=O) groups is 1. The van der Waals surface area contributed by atoms with Crippen molar-refractivity contribution in [1.82, 2.24) is 0 Å². The van der Waals surface area contributed by atoms with Crippen molar-refractivity contribution in [3.63, 3.8) is 0 Å². The van der Waals surface area contributed by atoms with E-state index in [0.29, 0.717) is 38.6 Å². The summed E-state index contributed by atoms with van der Waals surface area (Å²) >= 11 is 12.3. The molecule has 2 heterocycles. The molecular weight excluding hydrogens is 413 g/mol. The summed E-state index contributed by atoms with van der Waals surface area (Å²) in [6.45, 7) is -0.188. The van der Waals surface area contributed by atoms with Gasteiger partial charge in [0.2, 0.25) is 0 Å². The number of nitrogens with one attached hydrogen (secondary N) is 1. The predicted octanol–water partition coefficient (Wildman–Crippen LogP) is 6.26. The lowest BCUT2D eigenvalue weighted by atomic mass is 10.1. The van der Waals surface area contributed by atoms with Crippen molar-refractivity contribution in [2.75, 3.05) is 5.32 Å². The first kappa shape index (κ1) is 19.3. The third kappa shape index (κ3) is 4.22. The Kier molecular flexibility index (Phi) is 5.45. The first-order chi connectivity index (χ1) is 14.0. The van der Waals surface area contributed by atoms with Gasteiger partial charge in [0.05, 0.1) is 5.02 Å². The molecule has 2 aromatic carbocycles. The van der Waals surface area contributed by atoms with Crippen LogP contribution >= 0.6 is 23.2 Å². The molecule has 4 aromatic rings. The van der Waals surface area contributed by atoms with Crippen LogP contribution in [0.3, 0.4) is 0 Å². The van der Waals surface area contributed by atoms with Crippen LogP contribution in [-0.2, 0) is 6.61 Å². The Morgan fingerprint density at radius 3 is 2.48 bits per heavy atom. The van der Waals surface area contributed by atoms with Crippen LogP contribution in [0.5, 0.6) is 0 Å². The van der Waals surface area contributed by atoms with Gasteiger partial charge in [-0.15, -0.1) is 0 Å². The van der Waals surface area contributed by atoms with Crippen molar-refractivity contribution in [2.24, 2.45) is 0 Å².